The predicted octanol–water partition coefficient (Wildman–Crippen LogP) is 4.73. The molecule has 1 aliphatic heterocycles. The standard InChI is InChI=1S/C22H19FN4OS/c23-16-10-5-4-9-15(16)13-29-22-25-21-24-17-11-6-12-18(28)19(17)20(27(21)26-22)14-7-2-1-3-8-14/h1-5,7-10,20H,6,11-13H2,(H,24,25,26)/t20-/m1/s1. The van der Waals surface area contributed by atoms with Crippen LogP contribution in [0.2, 0.25) is 0 Å². The van der Waals surface area contributed by atoms with Crippen molar-refractivity contribution in [3.63, 3.8) is 0 Å². The summed E-state index contributed by atoms with van der Waals surface area (Å²) >= 11 is 1.39. The van der Waals surface area contributed by atoms with Crippen molar-refractivity contribution < 1.29 is 9.18 Å². The minimum atomic E-state index is -0.287. The zero-order valence-corrected chi connectivity index (χ0v) is 16.5. The Hall–Kier alpha value is -2.93. The number of aromatic nitrogens is 3. The lowest BCUT2D eigenvalue weighted by Crippen LogP contribution is -2.31. The number of carbonyl (C=O) groups excluding carboxylic acids is 1. The van der Waals surface area contributed by atoms with E-state index in [9.17, 15) is 9.18 Å². The molecule has 5 rings (SSSR count). The van der Waals surface area contributed by atoms with Crippen molar-refractivity contribution in [1.82, 2.24) is 14.8 Å². The highest BCUT2D eigenvalue weighted by Gasteiger charge is 2.36. The molecule has 0 radical (unpaired) electrons. The first-order chi connectivity index (χ1) is 14.2. The number of benzene rings is 2. The molecule has 2 heterocycles. The van der Waals surface area contributed by atoms with E-state index < -0.39 is 0 Å². The molecular formula is C22H19FN4OS. The maximum atomic E-state index is 13.9. The number of hydrogen-bond donors (Lipinski definition) is 1. The molecule has 0 fully saturated rings. The molecule has 2 aromatic carbocycles. The molecule has 0 unspecified atom stereocenters. The van der Waals surface area contributed by atoms with Crippen LogP contribution in [0.25, 0.3) is 0 Å². The van der Waals surface area contributed by atoms with E-state index in [1.165, 1.54) is 17.8 Å². The molecule has 146 valence electrons. The highest BCUT2D eigenvalue weighted by Crippen LogP contribution is 2.40. The Morgan fingerprint density at radius 1 is 1.10 bits per heavy atom. The molecule has 2 aliphatic rings. The van der Waals surface area contributed by atoms with Crippen LogP contribution in [0.15, 0.2) is 71.0 Å². The van der Waals surface area contributed by atoms with Crippen LogP contribution in [0.4, 0.5) is 10.3 Å². The second kappa shape index (κ2) is 7.48. The predicted molar refractivity (Wildman–Crippen MR) is 110 cm³/mol. The second-order valence-corrected chi connectivity index (χ2v) is 8.09. The molecular weight excluding hydrogens is 387 g/mol. The first-order valence-corrected chi connectivity index (χ1v) is 10.6. The van der Waals surface area contributed by atoms with E-state index in [1.807, 2.05) is 36.4 Å². The largest absolute Gasteiger partial charge is 0.328 e. The molecule has 1 aromatic heterocycles. The Balaban J connectivity index is 1.50. The molecule has 0 spiro atoms. The number of hydrogen-bond acceptors (Lipinski definition) is 5. The van der Waals surface area contributed by atoms with Crippen LogP contribution in [0.1, 0.15) is 36.4 Å². The fraction of sp³-hybridized carbons (Fsp3) is 0.227. The smallest absolute Gasteiger partial charge is 0.227 e. The molecule has 5 nitrogen and oxygen atoms in total. The van der Waals surface area contributed by atoms with Crippen LogP contribution < -0.4 is 5.32 Å². The number of Topliss-reactive ketones (excluding diaryl/α,β-unsaturated/α-hetero) is 1. The van der Waals surface area contributed by atoms with Crippen molar-refractivity contribution in [2.45, 2.75) is 36.2 Å². The molecule has 1 atom stereocenters. The van der Waals surface area contributed by atoms with Gasteiger partial charge in [-0.2, -0.15) is 4.98 Å². The van der Waals surface area contributed by atoms with Crippen LogP contribution in [0.3, 0.4) is 0 Å². The second-order valence-electron chi connectivity index (χ2n) is 7.15. The van der Waals surface area contributed by atoms with Gasteiger partial charge in [0.05, 0.1) is 0 Å². The van der Waals surface area contributed by atoms with Crippen LogP contribution in [-0.2, 0) is 10.5 Å². The minimum Gasteiger partial charge on any atom is -0.328 e. The van der Waals surface area contributed by atoms with E-state index in [0.29, 0.717) is 28.8 Å². The highest BCUT2D eigenvalue weighted by atomic mass is 32.2. The summed E-state index contributed by atoms with van der Waals surface area (Å²) < 4.78 is 15.7. The van der Waals surface area contributed by atoms with Crippen molar-refractivity contribution in [3.8, 4) is 0 Å². The summed E-state index contributed by atoms with van der Waals surface area (Å²) in [6, 6.07) is 16.4. The van der Waals surface area contributed by atoms with Crippen molar-refractivity contribution >= 4 is 23.5 Å². The zero-order chi connectivity index (χ0) is 19.8. The topological polar surface area (TPSA) is 59.8 Å². The Labute approximate surface area is 172 Å². The van der Waals surface area contributed by atoms with Gasteiger partial charge in [0.15, 0.2) is 5.78 Å². The minimum absolute atomic E-state index is 0.161. The van der Waals surface area contributed by atoms with Gasteiger partial charge in [-0.05, 0) is 30.0 Å². The average Bonchev–Trinajstić information content (AvgIpc) is 3.15. The summed E-state index contributed by atoms with van der Waals surface area (Å²) in [7, 11) is 0. The average molecular weight is 406 g/mol. The van der Waals surface area contributed by atoms with Crippen molar-refractivity contribution in [2.75, 3.05) is 5.32 Å². The van der Waals surface area contributed by atoms with Crippen molar-refractivity contribution in [1.29, 1.82) is 0 Å². The summed E-state index contributed by atoms with van der Waals surface area (Å²) in [5, 5.41) is 8.55. The van der Waals surface area contributed by atoms with Gasteiger partial charge in [0.2, 0.25) is 11.1 Å². The number of nitrogens with zero attached hydrogens (tertiary/aromatic N) is 3. The highest BCUT2D eigenvalue weighted by molar-refractivity contribution is 7.98. The van der Waals surface area contributed by atoms with Crippen LogP contribution in [0.5, 0.6) is 0 Å². The monoisotopic (exact) mass is 406 g/mol. The number of rotatable bonds is 4. The van der Waals surface area contributed by atoms with Gasteiger partial charge in [-0.25, -0.2) is 9.07 Å². The van der Waals surface area contributed by atoms with Crippen molar-refractivity contribution in [2.24, 2.45) is 0 Å². The number of thioether (sulfide) groups is 1. The number of nitrogens with one attached hydrogen (secondary N) is 1. The molecule has 1 N–H and O–H groups in total. The van der Waals surface area contributed by atoms with E-state index in [1.54, 1.807) is 16.8 Å². The third kappa shape index (κ3) is 3.35. The fourth-order valence-corrected chi connectivity index (χ4v) is 4.71. The van der Waals surface area contributed by atoms with Gasteiger partial charge in [-0.3, -0.25) is 4.79 Å². The normalized spacial score (nSPS) is 18.2. The molecule has 29 heavy (non-hydrogen) atoms. The fourth-order valence-electron chi connectivity index (χ4n) is 3.90. The number of carbonyl (C=O) groups is 1. The van der Waals surface area contributed by atoms with Gasteiger partial charge in [0.1, 0.15) is 11.9 Å². The third-order valence-electron chi connectivity index (χ3n) is 5.28. The quantitative estimate of drug-likeness (QED) is 0.635. The van der Waals surface area contributed by atoms with E-state index in [0.717, 1.165) is 29.7 Å². The zero-order valence-electron chi connectivity index (χ0n) is 15.6. The number of allylic oxidation sites excluding steroid dienone is 2. The molecule has 0 amide bonds. The number of halogens is 1. The molecule has 1 aliphatic carbocycles. The number of fused-ring (bicyclic) bond motifs is 1. The maximum absolute atomic E-state index is 13.9. The van der Waals surface area contributed by atoms with Crippen molar-refractivity contribution in [3.05, 3.63) is 82.8 Å². The Morgan fingerprint density at radius 2 is 1.90 bits per heavy atom. The molecule has 7 heteroatoms. The summed E-state index contributed by atoms with van der Waals surface area (Å²) in [4.78, 5) is 17.4. The number of anilines is 1. The Bertz CT molecular complexity index is 1110. The summed E-state index contributed by atoms with van der Waals surface area (Å²) in [6.07, 6.45) is 2.23. The first-order valence-electron chi connectivity index (χ1n) is 9.61. The third-order valence-corrected chi connectivity index (χ3v) is 6.17. The van der Waals surface area contributed by atoms with E-state index in [2.05, 4.69) is 15.4 Å². The van der Waals surface area contributed by atoms with Gasteiger partial charge in [-0.1, -0.05) is 60.3 Å². The lowest BCUT2D eigenvalue weighted by molar-refractivity contribution is -0.116. The Morgan fingerprint density at radius 3 is 2.72 bits per heavy atom. The molecule has 0 bridgehead atoms. The number of ketones is 1. The molecule has 0 saturated carbocycles. The van der Waals surface area contributed by atoms with Gasteiger partial charge in [0, 0.05) is 23.4 Å². The first kappa shape index (κ1) is 18.1. The molecule has 0 saturated heterocycles. The van der Waals surface area contributed by atoms with Crippen LogP contribution in [0, 0.1) is 5.82 Å². The van der Waals surface area contributed by atoms with E-state index in [-0.39, 0.29) is 17.6 Å². The summed E-state index contributed by atoms with van der Waals surface area (Å²) in [5.74, 6) is 1.00. The lowest BCUT2D eigenvalue weighted by atomic mass is 9.85. The molecule has 3 aromatic rings. The van der Waals surface area contributed by atoms with E-state index >= 15 is 0 Å². The van der Waals surface area contributed by atoms with Crippen LogP contribution >= 0.6 is 11.8 Å². The SMILES string of the molecule is O=C1CCCC2=C1[C@@H](c1ccccc1)n1nc(SCc3ccccc3F)nc1N2. The van der Waals surface area contributed by atoms with Gasteiger partial charge in [0.25, 0.3) is 0 Å². The maximum Gasteiger partial charge on any atom is 0.227 e. The summed E-state index contributed by atoms with van der Waals surface area (Å²) in [5.41, 5.74) is 3.35. The Kier molecular flexibility index (Phi) is 4.67. The van der Waals surface area contributed by atoms with Gasteiger partial charge >= 0.3 is 0 Å². The lowest BCUT2D eigenvalue weighted by Gasteiger charge is -2.32. The van der Waals surface area contributed by atoms with Gasteiger partial charge in [-0.15, -0.1) is 5.10 Å². The summed E-state index contributed by atoms with van der Waals surface area (Å²) in [6.45, 7) is 0. The van der Waals surface area contributed by atoms with Gasteiger partial charge < -0.3 is 5.32 Å². The van der Waals surface area contributed by atoms with Crippen LogP contribution in [-0.4, -0.2) is 20.5 Å². The van der Waals surface area contributed by atoms with E-state index in [4.69, 9.17) is 0 Å².